The van der Waals surface area contributed by atoms with Crippen molar-refractivity contribution in [2.75, 3.05) is 25.0 Å². The average Bonchev–Trinajstić information content (AvgIpc) is 2.87. The number of hydrogen-bond acceptors (Lipinski definition) is 3. The minimum atomic E-state index is 0.540. The van der Waals surface area contributed by atoms with Gasteiger partial charge in [-0.25, -0.2) is 0 Å². The van der Waals surface area contributed by atoms with Gasteiger partial charge < -0.3 is 10.2 Å². The number of aryl methyl sites for hydroxylation is 1. The molecule has 19 heavy (non-hydrogen) atoms. The van der Waals surface area contributed by atoms with Crippen molar-refractivity contribution in [3.05, 3.63) is 12.4 Å². The Labute approximate surface area is 117 Å². The summed E-state index contributed by atoms with van der Waals surface area (Å²) in [7, 11) is 0. The molecule has 1 aliphatic rings. The van der Waals surface area contributed by atoms with Crippen LogP contribution < -0.4 is 5.32 Å². The highest BCUT2D eigenvalue weighted by atomic mass is 15.3. The van der Waals surface area contributed by atoms with E-state index in [1.165, 1.54) is 38.9 Å². The molecule has 0 amide bonds. The van der Waals surface area contributed by atoms with E-state index in [4.69, 9.17) is 0 Å². The third kappa shape index (κ3) is 3.96. The third-order valence-electron chi connectivity index (χ3n) is 4.23. The van der Waals surface area contributed by atoms with Gasteiger partial charge in [-0.2, -0.15) is 5.10 Å². The van der Waals surface area contributed by atoms with E-state index in [2.05, 4.69) is 42.3 Å². The third-order valence-corrected chi connectivity index (χ3v) is 4.23. The fourth-order valence-electron chi connectivity index (χ4n) is 2.98. The van der Waals surface area contributed by atoms with E-state index < -0.39 is 0 Å². The fraction of sp³-hybridized carbons (Fsp3) is 0.800. The van der Waals surface area contributed by atoms with Crippen LogP contribution in [0.3, 0.4) is 0 Å². The van der Waals surface area contributed by atoms with Crippen molar-refractivity contribution in [1.82, 2.24) is 14.7 Å². The molecule has 0 spiro atoms. The van der Waals surface area contributed by atoms with E-state index in [1.807, 2.05) is 10.9 Å². The van der Waals surface area contributed by atoms with E-state index in [0.717, 1.165) is 18.2 Å². The Morgan fingerprint density at radius 2 is 2.11 bits per heavy atom. The molecular weight excluding hydrogens is 236 g/mol. The van der Waals surface area contributed by atoms with Crippen LogP contribution in [0, 0.1) is 5.92 Å². The molecule has 1 saturated heterocycles. The van der Waals surface area contributed by atoms with Crippen molar-refractivity contribution in [2.24, 2.45) is 5.92 Å². The molecule has 4 heteroatoms. The average molecular weight is 264 g/mol. The molecular formula is C15H28N4. The molecule has 4 nitrogen and oxygen atoms in total. The molecule has 1 aliphatic heterocycles. The van der Waals surface area contributed by atoms with Gasteiger partial charge in [-0.1, -0.05) is 6.92 Å². The SMILES string of the molecule is CCCN1CCC(C(C)Nc2cnn(CC)c2)CC1. The lowest BCUT2D eigenvalue weighted by Crippen LogP contribution is -2.39. The normalized spacial score (nSPS) is 19.5. The first-order valence-corrected chi connectivity index (χ1v) is 7.74. The minimum Gasteiger partial charge on any atom is -0.380 e. The molecule has 0 radical (unpaired) electrons. The summed E-state index contributed by atoms with van der Waals surface area (Å²) in [4.78, 5) is 2.60. The highest BCUT2D eigenvalue weighted by Crippen LogP contribution is 2.23. The Hall–Kier alpha value is -1.03. The van der Waals surface area contributed by atoms with Crippen LogP contribution in [0.2, 0.25) is 0 Å². The van der Waals surface area contributed by atoms with Crippen LogP contribution in [0.15, 0.2) is 12.4 Å². The Morgan fingerprint density at radius 3 is 2.68 bits per heavy atom. The molecule has 2 heterocycles. The second-order valence-electron chi connectivity index (χ2n) is 5.70. The maximum absolute atomic E-state index is 4.32. The van der Waals surface area contributed by atoms with E-state index in [1.54, 1.807) is 0 Å². The molecule has 1 atom stereocenters. The minimum absolute atomic E-state index is 0.540. The zero-order valence-electron chi connectivity index (χ0n) is 12.6. The van der Waals surface area contributed by atoms with Crippen molar-refractivity contribution < 1.29 is 0 Å². The fourth-order valence-corrected chi connectivity index (χ4v) is 2.98. The van der Waals surface area contributed by atoms with Crippen LogP contribution in [-0.4, -0.2) is 40.4 Å². The molecule has 1 fully saturated rings. The Balaban J connectivity index is 1.79. The van der Waals surface area contributed by atoms with Gasteiger partial charge >= 0.3 is 0 Å². The van der Waals surface area contributed by atoms with Crippen LogP contribution in [0.5, 0.6) is 0 Å². The van der Waals surface area contributed by atoms with Gasteiger partial charge in [-0.05, 0) is 58.7 Å². The standard InChI is InChI=1S/C15H28N4/c1-4-8-18-9-6-14(7-10-18)13(3)17-15-11-16-19(5-2)12-15/h11-14,17H,4-10H2,1-3H3. The smallest absolute Gasteiger partial charge is 0.0728 e. The Kier molecular flexibility index (Phi) is 5.25. The van der Waals surface area contributed by atoms with E-state index in [-0.39, 0.29) is 0 Å². The quantitative estimate of drug-likeness (QED) is 0.857. The molecule has 0 aliphatic carbocycles. The van der Waals surface area contributed by atoms with Crippen molar-refractivity contribution in [3.8, 4) is 0 Å². The van der Waals surface area contributed by atoms with E-state index in [0.29, 0.717) is 6.04 Å². The summed E-state index contributed by atoms with van der Waals surface area (Å²) in [6, 6.07) is 0.540. The summed E-state index contributed by atoms with van der Waals surface area (Å²) in [5, 5.41) is 7.93. The van der Waals surface area contributed by atoms with Crippen molar-refractivity contribution in [2.45, 2.75) is 52.6 Å². The van der Waals surface area contributed by atoms with Crippen LogP contribution in [-0.2, 0) is 6.54 Å². The number of rotatable bonds is 6. The van der Waals surface area contributed by atoms with Gasteiger partial charge in [0.2, 0.25) is 0 Å². The molecule has 1 N–H and O–H groups in total. The predicted octanol–water partition coefficient (Wildman–Crippen LogP) is 2.83. The summed E-state index contributed by atoms with van der Waals surface area (Å²) < 4.78 is 1.97. The second-order valence-corrected chi connectivity index (χ2v) is 5.70. The first kappa shape index (κ1) is 14.4. The lowest BCUT2D eigenvalue weighted by Gasteiger charge is -2.35. The molecule has 0 bridgehead atoms. The van der Waals surface area contributed by atoms with Gasteiger partial charge in [0.05, 0.1) is 11.9 Å². The Morgan fingerprint density at radius 1 is 1.37 bits per heavy atom. The van der Waals surface area contributed by atoms with E-state index >= 15 is 0 Å². The lowest BCUT2D eigenvalue weighted by molar-refractivity contribution is 0.176. The van der Waals surface area contributed by atoms with Gasteiger partial charge in [-0.3, -0.25) is 4.68 Å². The van der Waals surface area contributed by atoms with Gasteiger partial charge in [0.1, 0.15) is 0 Å². The monoisotopic (exact) mass is 264 g/mol. The molecule has 0 aromatic carbocycles. The van der Waals surface area contributed by atoms with Gasteiger partial charge in [0.25, 0.3) is 0 Å². The first-order valence-electron chi connectivity index (χ1n) is 7.74. The number of aromatic nitrogens is 2. The maximum atomic E-state index is 4.32. The molecule has 0 saturated carbocycles. The maximum Gasteiger partial charge on any atom is 0.0728 e. The summed E-state index contributed by atoms with van der Waals surface area (Å²) in [6.45, 7) is 11.4. The van der Waals surface area contributed by atoms with Gasteiger partial charge in [0.15, 0.2) is 0 Å². The lowest BCUT2D eigenvalue weighted by atomic mass is 9.90. The van der Waals surface area contributed by atoms with Crippen LogP contribution in [0.4, 0.5) is 5.69 Å². The van der Waals surface area contributed by atoms with Crippen molar-refractivity contribution in [1.29, 1.82) is 0 Å². The first-order chi connectivity index (χ1) is 9.22. The Bertz CT molecular complexity index is 366. The second kappa shape index (κ2) is 6.94. The van der Waals surface area contributed by atoms with Gasteiger partial charge in [0, 0.05) is 18.8 Å². The molecule has 1 aromatic heterocycles. The number of likely N-dealkylation sites (tertiary alicyclic amines) is 1. The highest BCUT2D eigenvalue weighted by Gasteiger charge is 2.23. The zero-order chi connectivity index (χ0) is 13.7. The molecule has 1 aromatic rings. The van der Waals surface area contributed by atoms with Crippen LogP contribution in [0.1, 0.15) is 40.0 Å². The van der Waals surface area contributed by atoms with Crippen LogP contribution in [0.25, 0.3) is 0 Å². The highest BCUT2D eigenvalue weighted by molar-refractivity contribution is 5.39. The number of anilines is 1. The summed E-state index contributed by atoms with van der Waals surface area (Å²) >= 11 is 0. The van der Waals surface area contributed by atoms with Gasteiger partial charge in [-0.15, -0.1) is 0 Å². The number of piperidine rings is 1. The largest absolute Gasteiger partial charge is 0.380 e. The number of nitrogens with zero attached hydrogens (tertiary/aromatic N) is 3. The summed E-state index contributed by atoms with van der Waals surface area (Å²) in [6.07, 6.45) is 7.94. The van der Waals surface area contributed by atoms with Crippen LogP contribution >= 0.6 is 0 Å². The topological polar surface area (TPSA) is 33.1 Å². The molecule has 1 unspecified atom stereocenters. The number of nitrogens with one attached hydrogen (secondary N) is 1. The van der Waals surface area contributed by atoms with Crippen molar-refractivity contribution in [3.63, 3.8) is 0 Å². The summed E-state index contributed by atoms with van der Waals surface area (Å²) in [5.74, 6) is 0.790. The predicted molar refractivity (Wildman–Crippen MR) is 80.4 cm³/mol. The number of hydrogen-bond donors (Lipinski definition) is 1. The molecule has 2 rings (SSSR count). The summed E-state index contributed by atoms with van der Waals surface area (Å²) in [5.41, 5.74) is 1.16. The van der Waals surface area contributed by atoms with Crippen molar-refractivity contribution >= 4 is 5.69 Å². The molecule has 108 valence electrons. The van der Waals surface area contributed by atoms with E-state index in [9.17, 15) is 0 Å². The zero-order valence-corrected chi connectivity index (χ0v) is 12.6.